The van der Waals surface area contributed by atoms with Crippen molar-refractivity contribution >= 4 is 28.1 Å². The largest absolute Gasteiger partial charge is 0.503 e. The molecule has 21 heavy (non-hydrogen) atoms. The molecule has 0 saturated carbocycles. The highest BCUT2D eigenvalue weighted by Crippen LogP contribution is 2.34. The maximum absolute atomic E-state index is 11.8. The number of phenolic OH excluding ortho intramolecular Hbond substituents is 1. The van der Waals surface area contributed by atoms with E-state index in [1.807, 2.05) is 0 Å². The van der Waals surface area contributed by atoms with E-state index in [4.69, 9.17) is 9.15 Å². The molecule has 2 N–H and O–H groups in total. The van der Waals surface area contributed by atoms with Crippen LogP contribution in [0, 0.1) is 6.92 Å². The first-order chi connectivity index (χ1) is 10.0. The highest BCUT2D eigenvalue weighted by Gasteiger charge is 2.10. The molecule has 1 aromatic carbocycles. The molecule has 0 fully saturated rings. The number of rotatable bonds is 4. The number of hydrogen-bond acceptors (Lipinski definition) is 5. The molecule has 1 aromatic heterocycles. The molecule has 7 heteroatoms. The van der Waals surface area contributed by atoms with E-state index in [9.17, 15) is 9.90 Å². The van der Waals surface area contributed by atoms with Crippen LogP contribution in [0.5, 0.6) is 11.5 Å². The molecule has 2 aromatic rings. The quantitative estimate of drug-likeness (QED) is 0.654. The van der Waals surface area contributed by atoms with E-state index < -0.39 is 0 Å². The Balaban J connectivity index is 2.10. The third-order valence-electron chi connectivity index (χ3n) is 2.75. The van der Waals surface area contributed by atoms with Gasteiger partial charge in [-0.15, -0.1) is 0 Å². The number of amides is 1. The van der Waals surface area contributed by atoms with Gasteiger partial charge in [0, 0.05) is 0 Å². The molecule has 1 amide bonds. The van der Waals surface area contributed by atoms with Gasteiger partial charge >= 0.3 is 0 Å². The Bertz CT molecular complexity index is 694. The lowest BCUT2D eigenvalue weighted by Crippen LogP contribution is -2.17. The van der Waals surface area contributed by atoms with Gasteiger partial charge in [-0.3, -0.25) is 4.79 Å². The molecule has 0 spiro atoms. The fraction of sp³-hybridized carbons (Fsp3) is 0.143. The molecule has 0 saturated heterocycles. The lowest BCUT2D eigenvalue weighted by atomic mass is 10.2. The molecule has 6 nitrogen and oxygen atoms in total. The van der Waals surface area contributed by atoms with Gasteiger partial charge < -0.3 is 14.3 Å². The Labute approximate surface area is 129 Å². The van der Waals surface area contributed by atoms with Crippen LogP contribution in [0.2, 0.25) is 0 Å². The summed E-state index contributed by atoms with van der Waals surface area (Å²) >= 11 is 3.21. The molecule has 0 unspecified atom stereocenters. The number of methoxy groups -OCH3 is 1. The number of ether oxygens (including phenoxy) is 1. The van der Waals surface area contributed by atoms with Gasteiger partial charge in [0.2, 0.25) is 0 Å². The highest BCUT2D eigenvalue weighted by molar-refractivity contribution is 9.10. The minimum absolute atomic E-state index is 0.00714. The number of nitrogens with zero attached hydrogens (tertiary/aromatic N) is 1. The summed E-state index contributed by atoms with van der Waals surface area (Å²) in [6, 6.07) is 4.82. The maximum atomic E-state index is 11.8. The Hall–Kier alpha value is -2.28. The molecule has 0 radical (unpaired) electrons. The van der Waals surface area contributed by atoms with Crippen LogP contribution in [0.25, 0.3) is 0 Å². The van der Waals surface area contributed by atoms with Crippen molar-refractivity contribution in [1.29, 1.82) is 0 Å². The predicted octanol–water partition coefficient (Wildman–Crippen LogP) is 2.83. The van der Waals surface area contributed by atoms with E-state index in [0.717, 1.165) is 0 Å². The first kappa shape index (κ1) is 15.1. The van der Waals surface area contributed by atoms with Gasteiger partial charge in [-0.1, -0.05) is 0 Å². The smallest absolute Gasteiger partial charge is 0.274 e. The van der Waals surface area contributed by atoms with E-state index in [1.165, 1.54) is 19.6 Å². The summed E-state index contributed by atoms with van der Waals surface area (Å²) < 4.78 is 10.5. The van der Waals surface area contributed by atoms with Gasteiger partial charge in [-0.25, -0.2) is 5.43 Å². The van der Waals surface area contributed by atoms with Gasteiger partial charge in [0.25, 0.3) is 5.91 Å². The van der Waals surface area contributed by atoms with Crippen LogP contribution in [0.1, 0.15) is 21.7 Å². The van der Waals surface area contributed by atoms with Gasteiger partial charge in [-0.05, 0) is 46.6 Å². The summed E-state index contributed by atoms with van der Waals surface area (Å²) in [6.45, 7) is 1.70. The number of phenols is 1. The second kappa shape index (κ2) is 6.45. The second-order valence-electron chi connectivity index (χ2n) is 4.14. The molecule has 0 aliphatic rings. The van der Waals surface area contributed by atoms with Crippen molar-refractivity contribution in [2.75, 3.05) is 7.11 Å². The summed E-state index contributed by atoms with van der Waals surface area (Å²) in [5.41, 5.74) is 3.48. The molecule has 2 rings (SSSR count). The van der Waals surface area contributed by atoms with E-state index in [2.05, 4.69) is 26.5 Å². The monoisotopic (exact) mass is 352 g/mol. The lowest BCUT2D eigenvalue weighted by Gasteiger charge is -2.06. The SMILES string of the molecule is COc1cc(/C=N/NC(=O)c2ccoc2C)cc(Br)c1O. The fourth-order valence-electron chi connectivity index (χ4n) is 1.67. The van der Waals surface area contributed by atoms with Gasteiger partial charge in [0.15, 0.2) is 11.5 Å². The number of hydrazone groups is 1. The summed E-state index contributed by atoms with van der Waals surface area (Å²) in [4.78, 5) is 11.8. The number of carbonyl (C=O) groups is 1. The number of nitrogens with one attached hydrogen (secondary N) is 1. The zero-order valence-corrected chi connectivity index (χ0v) is 13.0. The summed E-state index contributed by atoms with van der Waals surface area (Å²) in [6.07, 6.45) is 2.88. The molecule has 0 bridgehead atoms. The van der Waals surface area contributed by atoms with Crippen LogP contribution < -0.4 is 10.2 Å². The Morgan fingerprint density at radius 2 is 2.29 bits per heavy atom. The van der Waals surface area contributed by atoms with Gasteiger partial charge in [0.05, 0.1) is 29.6 Å². The Morgan fingerprint density at radius 3 is 2.90 bits per heavy atom. The topological polar surface area (TPSA) is 84.1 Å². The van der Waals surface area contributed by atoms with Crippen molar-refractivity contribution < 1.29 is 19.1 Å². The van der Waals surface area contributed by atoms with Crippen molar-refractivity contribution in [2.24, 2.45) is 5.10 Å². The van der Waals surface area contributed by atoms with Gasteiger partial charge in [-0.2, -0.15) is 5.10 Å². The zero-order chi connectivity index (χ0) is 15.4. The Morgan fingerprint density at radius 1 is 1.52 bits per heavy atom. The molecular formula is C14H13BrN2O4. The van der Waals surface area contributed by atoms with Crippen LogP contribution in [0.4, 0.5) is 0 Å². The lowest BCUT2D eigenvalue weighted by molar-refractivity contribution is 0.0953. The predicted molar refractivity (Wildman–Crippen MR) is 80.9 cm³/mol. The summed E-state index contributed by atoms with van der Waals surface area (Å²) in [7, 11) is 1.45. The van der Waals surface area contributed by atoms with Crippen LogP contribution in [0.3, 0.4) is 0 Å². The van der Waals surface area contributed by atoms with Crippen molar-refractivity contribution in [3.63, 3.8) is 0 Å². The number of hydrogen-bond donors (Lipinski definition) is 2. The fourth-order valence-corrected chi connectivity index (χ4v) is 2.13. The van der Waals surface area contributed by atoms with Crippen molar-refractivity contribution in [1.82, 2.24) is 5.43 Å². The molecule has 0 atom stereocenters. The van der Waals surface area contributed by atoms with E-state index >= 15 is 0 Å². The van der Waals surface area contributed by atoms with Crippen molar-refractivity contribution in [2.45, 2.75) is 6.92 Å². The zero-order valence-electron chi connectivity index (χ0n) is 11.4. The number of benzene rings is 1. The van der Waals surface area contributed by atoms with Crippen molar-refractivity contribution in [3.05, 3.63) is 45.8 Å². The summed E-state index contributed by atoms with van der Waals surface area (Å²) in [5, 5.41) is 13.6. The van der Waals surface area contributed by atoms with E-state index in [1.54, 1.807) is 25.1 Å². The van der Waals surface area contributed by atoms with Crippen LogP contribution in [0.15, 0.2) is 38.5 Å². The number of halogens is 1. The maximum Gasteiger partial charge on any atom is 0.274 e. The first-order valence-electron chi connectivity index (χ1n) is 5.97. The number of furan rings is 1. The molecule has 110 valence electrons. The molecular weight excluding hydrogens is 340 g/mol. The van der Waals surface area contributed by atoms with E-state index in [0.29, 0.717) is 27.1 Å². The Kier molecular flexibility index (Phi) is 4.64. The number of aryl methyl sites for hydroxylation is 1. The number of aromatic hydroxyl groups is 1. The molecule has 0 aliphatic heterocycles. The minimum atomic E-state index is -0.359. The normalized spacial score (nSPS) is 10.8. The average Bonchev–Trinajstić information content (AvgIpc) is 2.88. The third kappa shape index (κ3) is 3.43. The standard InChI is InChI=1S/C14H13BrN2O4/c1-8-10(3-4-21-8)14(19)17-16-7-9-5-11(15)13(18)12(6-9)20-2/h3-7,18H,1-2H3,(H,17,19)/b16-7+. The minimum Gasteiger partial charge on any atom is -0.503 e. The van der Waals surface area contributed by atoms with Crippen LogP contribution in [-0.2, 0) is 0 Å². The highest BCUT2D eigenvalue weighted by atomic mass is 79.9. The van der Waals surface area contributed by atoms with Crippen molar-refractivity contribution in [3.8, 4) is 11.5 Å². The number of carbonyl (C=O) groups excluding carboxylic acids is 1. The van der Waals surface area contributed by atoms with Gasteiger partial charge in [0.1, 0.15) is 5.76 Å². The third-order valence-corrected chi connectivity index (χ3v) is 3.36. The van der Waals surface area contributed by atoms with Crippen LogP contribution >= 0.6 is 15.9 Å². The molecule has 1 heterocycles. The second-order valence-corrected chi connectivity index (χ2v) is 5.00. The van der Waals surface area contributed by atoms with Crippen LogP contribution in [-0.4, -0.2) is 24.3 Å². The molecule has 0 aliphatic carbocycles. The first-order valence-corrected chi connectivity index (χ1v) is 6.76. The average molecular weight is 353 g/mol. The van der Waals surface area contributed by atoms with E-state index in [-0.39, 0.29) is 11.7 Å². The summed E-state index contributed by atoms with van der Waals surface area (Å²) in [5.74, 6) is 0.481.